The van der Waals surface area contributed by atoms with Crippen molar-refractivity contribution in [2.45, 2.75) is 19.9 Å². The molecule has 0 aliphatic carbocycles. The quantitative estimate of drug-likeness (QED) is 0.527. The molecule has 2 N–H and O–H groups in total. The number of carbonyl (C=O) groups excluding carboxylic acids is 1. The molecule has 1 radical (unpaired) electrons. The maximum atomic E-state index is 14.4. The molecule has 0 spiro atoms. The number of fused-ring (bicyclic) bond motifs is 3. The molecule has 0 aliphatic heterocycles. The molecule has 0 bridgehead atoms. The van der Waals surface area contributed by atoms with Gasteiger partial charge >= 0.3 is 0 Å². The molecule has 1 aromatic heterocycles. The first-order valence-corrected chi connectivity index (χ1v) is 9.07. The Balaban J connectivity index is 2.08. The average molecular weight is 380 g/mol. The minimum atomic E-state index is -0.503. The fourth-order valence-electron chi connectivity index (χ4n) is 3.52. The summed E-state index contributed by atoms with van der Waals surface area (Å²) in [5, 5.41) is 1.89. The molecule has 3 nitrogen and oxygen atoms in total. The third-order valence-corrected chi connectivity index (χ3v) is 5.26. The minimum absolute atomic E-state index is 0.245. The molecule has 0 aliphatic rings. The highest BCUT2D eigenvalue weighted by atomic mass is 35.5. The van der Waals surface area contributed by atoms with Crippen LogP contribution in [0.1, 0.15) is 28.4 Å². The van der Waals surface area contributed by atoms with Crippen molar-refractivity contribution in [3.63, 3.8) is 0 Å². The smallest absolute Gasteiger partial charge is 0.249 e. The first-order valence-electron chi connectivity index (χ1n) is 8.69. The van der Waals surface area contributed by atoms with Crippen LogP contribution in [-0.2, 0) is 13.0 Å². The molecule has 5 heteroatoms. The van der Waals surface area contributed by atoms with E-state index in [1.165, 1.54) is 6.07 Å². The molecular formula is C22H17ClFN2O. The van der Waals surface area contributed by atoms with Gasteiger partial charge in [-0.25, -0.2) is 4.39 Å². The second-order valence-corrected chi connectivity index (χ2v) is 6.88. The average Bonchev–Trinajstić information content (AvgIpc) is 2.97. The first-order chi connectivity index (χ1) is 13.0. The number of halogens is 2. The van der Waals surface area contributed by atoms with Gasteiger partial charge in [0.15, 0.2) is 0 Å². The van der Waals surface area contributed by atoms with Gasteiger partial charge in [0.05, 0.1) is 17.6 Å². The zero-order valence-electron chi connectivity index (χ0n) is 14.7. The Bertz CT molecular complexity index is 1180. The molecule has 0 unspecified atom stereocenters. The van der Waals surface area contributed by atoms with Crippen LogP contribution in [0.2, 0.25) is 5.02 Å². The maximum Gasteiger partial charge on any atom is 0.249 e. The van der Waals surface area contributed by atoms with Crippen molar-refractivity contribution >= 4 is 39.3 Å². The number of aromatic nitrogens is 1. The van der Waals surface area contributed by atoms with E-state index in [-0.39, 0.29) is 12.4 Å². The van der Waals surface area contributed by atoms with E-state index in [0.717, 1.165) is 33.8 Å². The number of carbonyl (C=O) groups is 1. The lowest BCUT2D eigenvalue weighted by Crippen LogP contribution is -2.11. The summed E-state index contributed by atoms with van der Waals surface area (Å²) in [6.45, 7) is 2.30. The number of aryl methyl sites for hydroxylation is 1. The molecule has 3 aromatic carbocycles. The van der Waals surface area contributed by atoms with Crippen molar-refractivity contribution in [2.75, 3.05) is 0 Å². The van der Waals surface area contributed by atoms with Gasteiger partial charge in [0.25, 0.3) is 0 Å². The molecule has 135 valence electrons. The number of primary amides is 1. The van der Waals surface area contributed by atoms with Crippen LogP contribution in [0.3, 0.4) is 0 Å². The Labute approximate surface area is 161 Å². The van der Waals surface area contributed by atoms with Gasteiger partial charge in [-0.15, -0.1) is 0 Å². The summed E-state index contributed by atoms with van der Waals surface area (Å²) in [6, 6.07) is 17.3. The third-order valence-electron chi connectivity index (χ3n) is 4.91. The van der Waals surface area contributed by atoms with E-state index in [0.29, 0.717) is 16.1 Å². The Kier molecular flexibility index (Phi) is 4.36. The number of hydrogen-bond donors (Lipinski definition) is 1. The van der Waals surface area contributed by atoms with Crippen LogP contribution in [0.5, 0.6) is 0 Å². The van der Waals surface area contributed by atoms with Crippen molar-refractivity contribution in [3.8, 4) is 0 Å². The Hall–Kier alpha value is -2.85. The fourth-order valence-corrected chi connectivity index (χ4v) is 3.74. The van der Waals surface area contributed by atoms with Crippen LogP contribution in [-0.4, -0.2) is 10.5 Å². The Morgan fingerprint density at radius 3 is 2.70 bits per heavy atom. The van der Waals surface area contributed by atoms with Crippen molar-refractivity contribution in [1.29, 1.82) is 0 Å². The topological polar surface area (TPSA) is 48.0 Å². The second-order valence-electron chi connectivity index (χ2n) is 6.47. The summed E-state index contributed by atoms with van der Waals surface area (Å²) >= 11 is 6.25. The summed E-state index contributed by atoms with van der Waals surface area (Å²) in [6.07, 6.45) is 0.844. The van der Waals surface area contributed by atoms with Crippen LogP contribution in [0.25, 0.3) is 21.8 Å². The molecule has 4 aromatic rings. The summed E-state index contributed by atoms with van der Waals surface area (Å²) in [7, 11) is 0. The molecule has 0 atom stereocenters. The summed E-state index contributed by atoms with van der Waals surface area (Å²) in [4.78, 5) is 12.0. The van der Waals surface area contributed by atoms with Gasteiger partial charge < -0.3 is 10.3 Å². The summed E-state index contributed by atoms with van der Waals surface area (Å²) < 4.78 is 16.4. The lowest BCUT2D eigenvalue weighted by molar-refractivity contribution is 0.100. The predicted octanol–water partition coefficient (Wildman–Crippen LogP) is 5.10. The molecule has 0 saturated carbocycles. The van der Waals surface area contributed by atoms with E-state index in [9.17, 15) is 9.18 Å². The normalized spacial score (nSPS) is 11.4. The van der Waals surface area contributed by atoms with Crippen molar-refractivity contribution in [3.05, 3.63) is 82.1 Å². The molecule has 0 fully saturated rings. The number of hydrogen-bond acceptors (Lipinski definition) is 1. The number of amides is 1. The van der Waals surface area contributed by atoms with E-state index in [1.54, 1.807) is 24.3 Å². The van der Waals surface area contributed by atoms with Crippen LogP contribution < -0.4 is 5.73 Å². The second kappa shape index (κ2) is 6.71. The summed E-state index contributed by atoms with van der Waals surface area (Å²) in [5.74, 6) is -0.865. The van der Waals surface area contributed by atoms with Gasteiger partial charge in [0.2, 0.25) is 5.91 Å². The monoisotopic (exact) mass is 379 g/mol. The van der Waals surface area contributed by atoms with E-state index >= 15 is 0 Å². The van der Waals surface area contributed by atoms with E-state index in [4.69, 9.17) is 17.3 Å². The van der Waals surface area contributed by atoms with Crippen LogP contribution in [0.15, 0.2) is 48.5 Å². The van der Waals surface area contributed by atoms with Gasteiger partial charge in [0, 0.05) is 26.9 Å². The van der Waals surface area contributed by atoms with Gasteiger partial charge in [0.1, 0.15) is 5.82 Å². The molecule has 27 heavy (non-hydrogen) atoms. The molecule has 1 amide bonds. The van der Waals surface area contributed by atoms with Crippen LogP contribution in [0.4, 0.5) is 4.39 Å². The molecular weight excluding hydrogens is 363 g/mol. The molecule has 1 heterocycles. The number of nitrogens with zero attached hydrogens (tertiary/aromatic N) is 1. The summed E-state index contributed by atoms with van der Waals surface area (Å²) in [5.41, 5.74) is 9.20. The van der Waals surface area contributed by atoms with E-state index < -0.39 is 5.91 Å². The standard InChI is InChI=1S/C22H17ClFN2O/c1-2-13-9-10-14-20(11-13)26(12-16-17(23)6-4-7-18(16)24)19-8-3-5-15(21(14)19)22(25)27/h3-9,11H,2,12H2,1H3,(H2,25,27). The largest absolute Gasteiger partial charge is 0.366 e. The highest BCUT2D eigenvalue weighted by Crippen LogP contribution is 2.34. The van der Waals surface area contributed by atoms with Crippen LogP contribution in [0, 0.1) is 11.9 Å². The van der Waals surface area contributed by atoms with Gasteiger partial charge in [-0.05, 0) is 48.4 Å². The van der Waals surface area contributed by atoms with Crippen molar-refractivity contribution < 1.29 is 9.18 Å². The maximum absolute atomic E-state index is 14.4. The number of rotatable bonds is 4. The van der Waals surface area contributed by atoms with Crippen molar-refractivity contribution in [1.82, 2.24) is 4.57 Å². The molecule has 0 saturated heterocycles. The van der Waals surface area contributed by atoms with E-state index in [2.05, 4.69) is 13.0 Å². The highest BCUT2D eigenvalue weighted by Gasteiger charge is 2.18. The Morgan fingerprint density at radius 1 is 1.22 bits per heavy atom. The van der Waals surface area contributed by atoms with Gasteiger partial charge in [-0.3, -0.25) is 4.79 Å². The first kappa shape index (κ1) is 17.6. The number of nitrogens with two attached hydrogens (primary N) is 1. The third kappa shape index (κ3) is 2.86. The van der Waals surface area contributed by atoms with Gasteiger partial charge in [-0.2, -0.15) is 0 Å². The van der Waals surface area contributed by atoms with Crippen molar-refractivity contribution in [2.24, 2.45) is 5.73 Å². The highest BCUT2D eigenvalue weighted by molar-refractivity contribution is 6.31. The zero-order chi connectivity index (χ0) is 19.1. The predicted molar refractivity (Wildman–Crippen MR) is 107 cm³/mol. The van der Waals surface area contributed by atoms with Gasteiger partial charge in [-0.1, -0.05) is 36.7 Å². The van der Waals surface area contributed by atoms with Crippen LogP contribution >= 0.6 is 11.6 Å². The fraction of sp³-hybridized carbons (Fsp3) is 0.136. The number of benzene rings is 3. The van der Waals surface area contributed by atoms with E-state index in [1.807, 2.05) is 22.8 Å². The Morgan fingerprint density at radius 2 is 2.00 bits per heavy atom. The SMILES string of the molecule is CCc1c[c]c2c3c(C(N)=O)cccc3n(Cc3c(F)cccc3Cl)c2c1. The zero-order valence-corrected chi connectivity index (χ0v) is 15.5. The molecule has 4 rings (SSSR count). The minimum Gasteiger partial charge on any atom is -0.366 e. The lowest BCUT2D eigenvalue weighted by atomic mass is 10.0. The lowest BCUT2D eigenvalue weighted by Gasteiger charge is -2.11.